The molecule has 0 saturated heterocycles. The van der Waals surface area contributed by atoms with Gasteiger partial charge in [0.1, 0.15) is 5.69 Å². The molecule has 0 saturated carbocycles. The highest BCUT2D eigenvalue weighted by Gasteiger charge is 2.15. The molecule has 2 amide bonds. The van der Waals surface area contributed by atoms with Crippen LogP contribution < -0.4 is 10.9 Å². The highest BCUT2D eigenvalue weighted by Crippen LogP contribution is 2.26. The Balaban J connectivity index is 1.65. The third-order valence-electron chi connectivity index (χ3n) is 4.19. The highest BCUT2D eigenvalue weighted by molar-refractivity contribution is 9.10. The maximum atomic E-state index is 12.8. The monoisotopic (exact) mass is 447 g/mol. The number of benzene rings is 2. The van der Waals surface area contributed by atoms with Crippen LogP contribution in [-0.4, -0.2) is 26.8 Å². The van der Waals surface area contributed by atoms with Gasteiger partial charge in [0.25, 0.3) is 11.8 Å². The minimum atomic E-state index is -0.557. The summed E-state index contributed by atoms with van der Waals surface area (Å²) >= 11 is 3.41. The number of pyridine rings is 1. The molecule has 0 unspecified atom stereocenters. The van der Waals surface area contributed by atoms with Crippen molar-refractivity contribution in [3.63, 3.8) is 0 Å². The second kappa shape index (κ2) is 8.15. The molecular weight excluding hydrogens is 434 g/mol. The van der Waals surface area contributed by atoms with Gasteiger partial charge < -0.3 is 0 Å². The molecule has 8 heteroatoms. The van der Waals surface area contributed by atoms with Crippen molar-refractivity contribution in [2.24, 2.45) is 0 Å². The Kier molecular flexibility index (Phi) is 5.26. The van der Waals surface area contributed by atoms with Crippen molar-refractivity contribution in [3.8, 4) is 11.3 Å². The SMILES string of the molecule is O=C(NNC(=O)c1cc(-c2ccc(Br)cc2)nc2ccccc12)c1cnccn1. The van der Waals surface area contributed by atoms with Gasteiger partial charge in [-0.05, 0) is 24.3 Å². The van der Waals surface area contributed by atoms with Gasteiger partial charge in [-0.25, -0.2) is 9.97 Å². The molecule has 0 fully saturated rings. The van der Waals surface area contributed by atoms with Crippen LogP contribution in [0.3, 0.4) is 0 Å². The van der Waals surface area contributed by atoms with Crippen LogP contribution in [0.15, 0.2) is 77.7 Å². The number of rotatable bonds is 3. The van der Waals surface area contributed by atoms with Crippen LogP contribution >= 0.6 is 15.9 Å². The van der Waals surface area contributed by atoms with E-state index in [1.54, 1.807) is 6.07 Å². The molecule has 29 heavy (non-hydrogen) atoms. The van der Waals surface area contributed by atoms with Crippen molar-refractivity contribution in [3.05, 3.63) is 88.9 Å². The molecule has 4 aromatic rings. The smallest absolute Gasteiger partial charge is 0.267 e. The predicted octanol–water partition coefficient (Wildman–Crippen LogP) is 3.53. The Morgan fingerprint density at radius 3 is 2.41 bits per heavy atom. The molecule has 142 valence electrons. The van der Waals surface area contributed by atoms with E-state index in [2.05, 4.69) is 41.7 Å². The van der Waals surface area contributed by atoms with E-state index < -0.39 is 11.8 Å². The van der Waals surface area contributed by atoms with E-state index in [-0.39, 0.29) is 5.69 Å². The lowest BCUT2D eigenvalue weighted by atomic mass is 10.0. The molecule has 2 heterocycles. The lowest BCUT2D eigenvalue weighted by Gasteiger charge is -2.11. The first kappa shape index (κ1) is 18.7. The summed E-state index contributed by atoms with van der Waals surface area (Å²) in [6.07, 6.45) is 4.18. The van der Waals surface area contributed by atoms with Gasteiger partial charge in [0.15, 0.2) is 0 Å². The van der Waals surface area contributed by atoms with Crippen molar-refractivity contribution < 1.29 is 9.59 Å². The normalized spacial score (nSPS) is 10.5. The summed E-state index contributed by atoms with van der Waals surface area (Å²) in [7, 11) is 0. The second-order valence-corrected chi connectivity index (χ2v) is 6.99. The van der Waals surface area contributed by atoms with Crippen LogP contribution in [0.25, 0.3) is 22.2 Å². The zero-order valence-electron chi connectivity index (χ0n) is 15.0. The maximum absolute atomic E-state index is 12.8. The maximum Gasteiger partial charge on any atom is 0.289 e. The van der Waals surface area contributed by atoms with Gasteiger partial charge in [-0.15, -0.1) is 0 Å². The number of para-hydroxylation sites is 1. The molecule has 0 spiro atoms. The van der Waals surface area contributed by atoms with Crippen LogP contribution in [-0.2, 0) is 0 Å². The van der Waals surface area contributed by atoms with Crippen LogP contribution in [0.5, 0.6) is 0 Å². The standard InChI is InChI=1S/C21H14BrN5O2/c22-14-7-5-13(6-8-14)18-11-16(15-3-1-2-4-17(15)25-18)20(28)26-27-21(29)19-12-23-9-10-24-19/h1-12H,(H,26,28)(H,27,29). The van der Waals surface area contributed by atoms with E-state index in [9.17, 15) is 9.59 Å². The van der Waals surface area contributed by atoms with Crippen LogP contribution in [0.1, 0.15) is 20.8 Å². The first-order valence-electron chi connectivity index (χ1n) is 8.64. The first-order valence-corrected chi connectivity index (χ1v) is 9.43. The van der Waals surface area contributed by atoms with E-state index in [1.165, 1.54) is 18.6 Å². The molecule has 0 aliphatic heterocycles. The lowest BCUT2D eigenvalue weighted by molar-refractivity contribution is 0.0844. The number of hydrazine groups is 1. The number of amides is 2. The summed E-state index contributed by atoms with van der Waals surface area (Å²) in [4.78, 5) is 37.4. The number of aromatic nitrogens is 3. The first-order chi connectivity index (χ1) is 14.1. The van der Waals surface area contributed by atoms with Gasteiger partial charge in [-0.1, -0.05) is 46.3 Å². The molecule has 0 aliphatic carbocycles. The molecule has 0 atom stereocenters. The number of hydrogen-bond acceptors (Lipinski definition) is 5. The highest BCUT2D eigenvalue weighted by atomic mass is 79.9. The summed E-state index contributed by atoms with van der Waals surface area (Å²) in [5.41, 5.74) is 7.50. The predicted molar refractivity (Wildman–Crippen MR) is 112 cm³/mol. The molecule has 7 nitrogen and oxygen atoms in total. The topological polar surface area (TPSA) is 96.9 Å². The zero-order chi connectivity index (χ0) is 20.2. The minimum absolute atomic E-state index is 0.0999. The van der Waals surface area contributed by atoms with Gasteiger partial charge in [0, 0.05) is 27.8 Å². The molecule has 0 bridgehead atoms. The Morgan fingerprint density at radius 1 is 0.897 bits per heavy atom. The van der Waals surface area contributed by atoms with E-state index in [0.29, 0.717) is 22.2 Å². The Hall–Kier alpha value is -3.65. The Bertz CT molecular complexity index is 1200. The van der Waals surface area contributed by atoms with Gasteiger partial charge in [-0.3, -0.25) is 25.4 Å². The fourth-order valence-electron chi connectivity index (χ4n) is 2.79. The number of carbonyl (C=O) groups excluding carboxylic acids is 2. The number of nitrogens with zero attached hydrogens (tertiary/aromatic N) is 3. The Morgan fingerprint density at radius 2 is 1.66 bits per heavy atom. The number of carbonyl (C=O) groups is 2. The molecule has 2 aromatic heterocycles. The van der Waals surface area contributed by atoms with Crippen LogP contribution in [0.4, 0.5) is 0 Å². The van der Waals surface area contributed by atoms with Gasteiger partial charge >= 0.3 is 0 Å². The van der Waals surface area contributed by atoms with Gasteiger partial charge in [0.2, 0.25) is 0 Å². The van der Waals surface area contributed by atoms with E-state index in [1.807, 2.05) is 48.5 Å². The zero-order valence-corrected chi connectivity index (χ0v) is 16.6. The Labute approximate surface area is 174 Å². The average molecular weight is 448 g/mol. The minimum Gasteiger partial charge on any atom is -0.267 e. The van der Waals surface area contributed by atoms with Gasteiger partial charge in [0.05, 0.1) is 23.0 Å². The number of fused-ring (bicyclic) bond motifs is 1. The fraction of sp³-hybridized carbons (Fsp3) is 0. The molecule has 0 radical (unpaired) electrons. The number of hydrogen-bond donors (Lipinski definition) is 2. The second-order valence-electron chi connectivity index (χ2n) is 6.08. The van der Waals surface area contributed by atoms with Crippen LogP contribution in [0.2, 0.25) is 0 Å². The summed E-state index contributed by atoms with van der Waals surface area (Å²) in [6, 6.07) is 16.7. The molecule has 2 N–H and O–H groups in total. The largest absolute Gasteiger partial charge is 0.289 e. The fourth-order valence-corrected chi connectivity index (χ4v) is 3.06. The van der Waals surface area contributed by atoms with Crippen molar-refractivity contribution in [1.29, 1.82) is 0 Å². The van der Waals surface area contributed by atoms with Crippen LogP contribution in [0, 0.1) is 0 Å². The van der Waals surface area contributed by atoms with E-state index in [4.69, 9.17) is 0 Å². The molecular formula is C21H14BrN5O2. The van der Waals surface area contributed by atoms with Gasteiger partial charge in [-0.2, -0.15) is 0 Å². The molecule has 2 aromatic carbocycles. The lowest BCUT2D eigenvalue weighted by Crippen LogP contribution is -2.42. The molecule has 4 rings (SSSR count). The van der Waals surface area contributed by atoms with E-state index >= 15 is 0 Å². The van der Waals surface area contributed by atoms with Crippen molar-refractivity contribution in [1.82, 2.24) is 25.8 Å². The summed E-state index contributed by atoms with van der Waals surface area (Å²) in [5.74, 6) is -1.02. The van der Waals surface area contributed by atoms with E-state index in [0.717, 1.165) is 10.0 Å². The molecule has 0 aliphatic rings. The number of halogens is 1. The summed E-state index contributed by atoms with van der Waals surface area (Å²) < 4.78 is 0.951. The summed E-state index contributed by atoms with van der Waals surface area (Å²) in [6.45, 7) is 0. The van der Waals surface area contributed by atoms with Crippen molar-refractivity contribution in [2.75, 3.05) is 0 Å². The average Bonchev–Trinajstić information content (AvgIpc) is 2.77. The number of nitrogens with one attached hydrogen (secondary N) is 2. The van der Waals surface area contributed by atoms with Crippen molar-refractivity contribution >= 4 is 38.6 Å². The summed E-state index contributed by atoms with van der Waals surface area (Å²) in [5, 5.41) is 0.680. The third kappa shape index (κ3) is 4.12. The third-order valence-corrected chi connectivity index (χ3v) is 4.71. The quantitative estimate of drug-likeness (QED) is 0.468. The van der Waals surface area contributed by atoms with Crippen molar-refractivity contribution in [2.45, 2.75) is 0 Å².